The number of benzene rings is 1. The molecule has 0 saturated carbocycles. The van der Waals surface area contributed by atoms with Crippen LogP contribution in [-0.2, 0) is 12.8 Å². The number of hydrogen-bond acceptors (Lipinski definition) is 5. The Morgan fingerprint density at radius 2 is 1.88 bits per heavy atom. The second-order valence-electron chi connectivity index (χ2n) is 6.73. The molecule has 1 aromatic heterocycles. The van der Waals surface area contributed by atoms with Crippen molar-refractivity contribution in [2.75, 3.05) is 31.1 Å². The number of aromatic nitrogens is 2. The van der Waals surface area contributed by atoms with Gasteiger partial charge in [-0.25, -0.2) is 9.97 Å². The number of halogens is 4. The van der Waals surface area contributed by atoms with E-state index < -0.39 is 11.7 Å². The molecule has 0 atom stereocenters. The van der Waals surface area contributed by atoms with Crippen LogP contribution < -0.4 is 15.0 Å². The molecular formula is C17H16ClF3N4O. The van der Waals surface area contributed by atoms with Crippen molar-refractivity contribution in [1.82, 2.24) is 15.3 Å². The number of anilines is 1. The lowest BCUT2D eigenvalue weighted by molar-refractivity contribution is -0.138. The third kappa shape index (κ3) is 3.19. The minimum atomic E-state index is -4.49. The highest BCUT2D eigenvalue weighted by atomic mass is 35.5. The van der Waals surface area contributed by atoms with Gasteiger partial charge < -0.3 is 15.0 Å². The van der Waals surface area contributed by atoms with Gasteiger partial charge in [0, 0.05) is 42.2 Å². The number of alkyl halides is 3. The molecule has 2 aliphatic rings. The molecule has 26 heavy (non-hydrogen) atoms. The summed E-state index contributed by atoms with van der Waals surface area (Å²) in [6.07, 6.45) is -1.55. The molecule has 2 fully saturated rings. The van der Waals surface area contributed by atoms with E-state index in [1.807, 2.05) is 0 Å². The van der Waals surface area contributed by atoms with Crippen molar-refractivity contribution in [1.29, 1.82) is 0 Å². The zero-order valence-electron chi connectivity index (χ0n) is 13.7. The number of ether oxygens (including phenoxy) is 1. The minimum absolute atomic E-state index is 0.0114. The van der Waals surface area contributed by atoms with Crippen LogP contribution in [0.15, 0.2) is 30.6 Å². The maximum atomic E-state index is 13.1. The van der Waals surface area contributed by atoms with Gasteiger partial charge in [-0.05, 0) is 12.1 Å². The second kappa shape index (κ2) is 6.28. The van der Waals surface area contributed by atoms with E-state index in [1.54, 1.807) is 0 Å². The molecule has 4 rings (SSSR count). The van der Waals surface area contributed by atoms with Crippen molar-refractivity contribution >= 4 is 17.5 Å². The average molecular weight is 385 g/mol. The molecule has 2 saturated heterocycles. The fourth-order valence-electron chi connectivity index (χ4n) is 3.28. The van der Waals surface area contributed by atoms with E-state index in [0.29, 0.717) is 17.1 Å². The molecule has 0 unspecified atom stereocenters. The first kappa shape index (κ1) is 17.4. The lowest BCUT2D eigenvalue weighted by Crippen LogP contribution is -2.71. The summed E-state index contributed by atoms with van der Waals surface area (Å²) in [5.41, 5.74) is -0.549. The zero-order valence-corrected chi connectivity index (χ0v) is 14.4. The van der Waals surface area contributed by atoms with Crippen LogP contribution in [0.2, 0.25) is 5.02 Å². The molecule has 0 bridgehead atoms. The topological polar surface area (TPSA) is 50.3 Å². The van der Waals surface area contributed by atoms with Crippen LogP contribution >= 0.6 is 11.6 Å². The summed E-state index contributed by atoms with van der Waals surface area (Å²) >= 11 is 5.92. The smallest absolute Gasteiger partial charge is 0.416 e. The van der Waals surface area contributed by atoms with Crippen molar-refractivity contribution in [3.63, 3.8) is 0 Å². The predicted molar refractivity (Wildman–Crippen MR) is 90.3 cm³/mol. The molecule has 138 valence electrons. The summed E-state index contributed by atoms with van der Waals surface area (Å²) in [6.45, 7) is 3.55. The van der Waals surface area contributed by atoms with E-state index in [4.69, 9.17) is 16.3 Å². The molecule has 1 aromatic carbocycles. The minimum Gasteiger partial charge on any atom is -0.486 e. The van der Waals surface area contributed by atoms with E-state index in [-0.39, 0.29) is 17.2 Å². The van der Waals surface area contributed by atoms with Crippen LogP contribution in [0.5, 0.6) is 5.75 Å². The standard InChI is InChI=1S/C17H16ClF3N4O/c18-14-3-1-2-13(17(19,20)21)12(14)6-26-11-4-23-15(24-5-11)25-9-16(10-25)7-22-8-16/h1-5,22H,6-10H2. The van der Waals surface area contributed by atoms with E-state index >= 15 is 0 Å². The third-order valence-corrected chi connectivity index (χ3v) is 5.11. The molecule has 1 spiro atoms. The summed E-state index contributed by atoms with van der Waals surface area (Å²) < 4.78 is 44.7. The van der Waals surface area contributed by atoms with Crippen LogP contribution in [0.4, 0.5) is 19.1 Å². The summed E-state index contributed by atoms with van der Waals surface area (Å²) in [5.74, 6) is 0.894. The molecule has 2 aromatic rings. The first-order chi connectivity index (χ1) is 12.4. The van der Waals surface area contributed by atoms with Gasteiger partial charge in [0.2, 0.25) is 5.95 Å². The monoisotopic (exact) mass is 384 g/mol. The van der Waals surface area contributed by atoms with Crippen molar-refractivity contribution in [2.24, 2.45) is 5.41 Å². The van der Waals surface area contributed by atoms with Crippen molar-refractivity contribution in [3.8, 4) is 5.75 Å². The van der Waals surface area contributed by atoms with Gasteiger partial charge in [0.15, 0.2) is 5.75 Å². The van der Waals surface area contributed by atoms with Gasteiger partial charge in [0.1, 0.15) is 6.61 Å². The molecular weight excluding hydrogens is 369 g/mol. The maximum absolute atomic E-state index is 13.1. The Kier molecular flexibility index (Phi) is 4.19. The largest absolute Gasteiger partial charge is 0.486 e. The van der Waals surface area contributed by atoms with E-state index in [9.17, 15) is 13.2 Å². The number of nitrogens with one attached hydrogen (secondary N) is 1. The first-order valence-corrected chi connectivity index (χ1v) is 8.49. The fourth-order valence-corrected chi connectivity index (χ4v) is 3.51. The van der Waals surface area contributed by atoms with Gasteiger partial charge in [-0.15, -0.1) is 0 Å². The van der Waals surface area contributed by atoms with Crippen molar-refractivity contribution < 1.29 is 17.9 Å². The third-order valence-electron chi connectivity index (χ3n) is 4.76. The zero-order chi connectivity index (χ0) is 18.4. The van der Waals surface area contributed by atoms with Gasteiger partial charge >= 0.3 is 6.18 Å². The molecule has 5 nitrogen and oxygen atoms in total. The lowest BCUT2D eigenvalue weighted by Gasteiger charge is -2.55. The molecule has 0 radical (unpaired) electrons. The Morgan fingerprint density at radius 1 is 1.19 bits per heavy atom. The van der Waals surface area contributed by atoms with Crippen LogP contribution in [0, 0.1) is 5.41 Å². The van der Waals surface area contributed by atoms with Gasteiger partial charge in [0.25, 0.3) is 0 Å². The number of hydrogen-bond donors (Lipinski definition) is 1. The van der Waals surface area contributed by atoms with Gasteiger partial charge in [-0.1, -0.05) is 17.7 Å². The summed E-state index contributed by atoms with van der Waals surface area (Å²) in [5, 5.41) is 3.27. The number of nitrogens with zero attached hydrogens (tertiary/aromatic N) is 3. The molecule has 2 aliphatic heterocycles. The normalized spacial score (nSPS) is 18.4. The Balaban J connectivity index is 1.41. The van der Waals surface area contributed by atoms with E-state index in [0.717, 1.165) is 32.2 Å². The van der Waals surface area contributed by atoms with Crippen LogP contribution in [-0.4, -0.2) is 36.1 Å². The predicted octanol–water partition coefficient (Wildman–Crippen LogP) is 3.14. The Morgan fingerprint density at radius 3 is 2.46 bits per heavy atom. The maximum Gasteiger partial charge on any atom is 0.416 e. The first-order valence-electron chi connectivity index (χ1n) is 8.11. The SMILES string of the molecule is FC(F)(F)c1cccc(Cl)c1COc1cnc(N2CC3(CNC3)C2)nc1. The summed E-state index contributed by atoms with van der Waals surface area (Å²) in [7, 11) is 0. The lowest BCUT2D eigenvalue weighted by atomic mass is 9.75. The van der Waals surface area contributed by atoms with E-state index in [1.165, 1.54) is 24.5 Å². The molecule has 0 amide bonds. The Labute approximate surface area is 153 Å². The van der Waals surface area contributed by atoms with Gasteiger partial charge in [-0.3, -0.25) is 0 Å². The van der Waals surface area contributed by atoms with Gasteiger partial charge in [-0.2, -0.15) is 13.2 Å². The Hall–Kier alpha value is -2.06. The number of rotatable bonds is 4. The Bertz CT molecular complexity index is 801. The molecule has 1 N–H and O–H groups in total. The molecule has 0 aliphatic carbocycles. The quantitative estimate of drug-likeness (QED) is 0.877. The fraction of sp³-hybridized carbons (Fsp3) is 0.412. The highest BCUT2D eigenvalue weighted by Crippen LogP contribution is 2.37. The second-order valence-corrected chi connectivity index (χ2v) is 7.14. The van der Waals surface area contributed by atoms with Gasteiger partial charge in [0.05, 0.1) is 18.0 Å². The molecule has 9 heteroatoms. The summed E-state index contributed by atoms with van der Waals surface area (Å²) in [6, 6.07) is 3.66. The van der Waals surface area contributed by atoms with Crippen LogP contribution in [0.25, 0.3) is 0 Å². The highest BCUT2D eigenvalue weighted by molar-refractivity contribution is 6.31. The summed E-state index contributed by atoms with van der Waals surface area (Å²) in [4.78, 5) is 10.6. The average Bonchev–Trinajstić information content (AvgIpc) is 2.51. The van der Waals surface area contributed by atoms with Crippen molar-refractivity contribution in [2.45, 2.75) is 12.8 Å². The highest BCUT2D eigenvalue weighted by Gasteiger charge is 2.48. The van der Waals surface area contributed by atoms with Crippen LogP contribution in [0.3, 0.4) is 0 Å². The van der Waals surface area contributed by atoms with Crippen LogP contribution in [0.1, 0.15) is 11.1 Å². The van der Waals surface area contributed by atoms with E-state index in [2.05, 4.69) is 20.2 Å². The van der Waals surface area contributed by atoms with Crippen molar-refractivity contribution in [3.05, 3.63) is 46.7 Å². The molecule has 3 heterocycles.